The van der Waals surface area contributed by atoms with Crippen LogP contribution in [0.5, 0.6) is 23.0 Å². The van der Waals surface area contributed by atoms with E-state index in [0.29, 0.717) is 79.7 Å². The first-order valence-electron chi connectivity index (χ1n) is 24.6. The third kappa shape index (κ3) is 9.94. The Morgan fingerprint density at radius 1 is 0.855 bits per heavy atom. The number of carbonyl (C=O) groups excluding carboxylic acids is 5. The number of aliphatic imine (C=N–C) groups is 1. The van der Waals surface area contributed by atoms with E-state index in [1.165, 1.54) is 12.0 Å². The highest BCUT2D eigenvalue weighted by Crippen LogP contribution is 2.57. The van der Waals surface area contributed by atoms with E-state index in [-0.39, 0.29) is 76.5 Å². The van der Waals surface area contributed by atoms with E-state index >= 15 is 0 Å². The number of rotatable bonds is 18. The van der Waals surface area contributed by atoms with Gasteiger partial charge in [0.2, 0.25) is 5.91 Å². The number of Topliss-reactive ketones (excluding diaryl/α,β-unsaturated/α-hetero) is 1. The number of aliphatic hydroxyl groups excluding tert-OH is 1. The molecule has 4 heterocycles. The number of benzene rings is 2. The number of carbonyl (C=O) groups is 5. The van der Waals surface area contributed by atoms with E-state index in [2.05, 4.69) is 5.32 Å². The minimum absolute atomic E-state index is 0.00675. The van der Waals surface area contributed by atoms with Crippen LogP contribution < -0.4 is 34.9 Å². The van der Waals surface area contributed by atoms with Gasteiger partial charge in [0.15, 0.2) is 35.0 Å². The number of amides is 4. The van der Waals surface area contributed by atoms with Crippen LogP contribution in [0.2, 0.25) is 0 Å². The fraction of sp³-hybridized carbons (Fsp3) is 0.577. The van der Waals surface area contributed by atoms with Crippen LogP contribution in [0.1, 0.15) is 112 Å². The summed E-state index contributed by atoms with van der Waals surface area (Å²) in [6.45, 7) is 7.28. The average Bonchev–Trinajstić information content (AvgIpc) is 4.22. The van der Waals surface area contributed by atoms with Gasteiger partial charge in [0.05, 0.1) is 80.7 Å². The predicted molar refractivity (Wildman–Crippen MR) is 256 cm³/mol. The molecule has 17 heteroatoms. The van der Waals surface area contributed by atoms with Crippen LogP contribution in [0.15, 0.2) is 53.1 Å². The fourth-order valence-electron chi connectivity index (χ4n) is 10.4. The smallest absolute Gasteiger partial charge is 0.416 e. The molecule has 69 heavy (non-hydrogen) atoms. The first-order chi connectivity index (χ1) is 33.1. The normalized spacial score (nSPS) is 24.1. The van der Waals surface area contributed by atoms with Gasteiger partial charge in [-0.3, -0.25) is 24.2 Å². The van der Waals surface area contributed by atoms with E-state index in [1.807, 2.05) is 43.2 Å². The molecule has 7 aliphatic rings. The second-order valence-corrected chi connectivity index (χ2v) is 20.6. The van der Waals surface area contributed by atoms with E-state index in [1.54, 1.807) is 43.2 Å². The lowest BCUT2D eigenvalue weighted by molar-refractivity contribution is -0.128. The van der Waals surface area contributed by atoms with Crippen molar-refractivity contribution in [1.82, 2.24) is 15.1 Å². The van der Waals surface area contributed by atoms with Gasteiger partial charge < -0.3 is 49.6 Å². The van der Waals surface area contributed by atoms with Gasteiger partial charge in [-0.25, -0.2) is 9.69 Å². The number of nitrogens with one attached hydrogen (secondary N) is 1. The van der Waals surface area contributed by atoms with Gasteiger partial charge in [-0.1, -0.05) is 32.1 Å². The van der Waals surface area contributed by atoms with E-state index in [4.69, 9.17) is 34.4 Å². The summed E-state index contributed by atoms with van der Waals surface area (Å²) >= 11 is 0. The van der Waals surface area contributed by atoms with Gasteiger partial charge in [0, 0.05) is 43.8 Å². The van der Waals surface area contributed by atoms with Gasteiger partial charge in [-0.05, 0) is 106 Å². The molecule has 3 aliphatic carbocycles. The Kier molecular flexibility index (Phi) is 13.6. The molecule has 2 aromatic rings. The fourth-order valence-corrected chi connectivity index (χ4v) is 10.4. The molecule has 0 aromatic heterocycles. The highest BCUT2D eigenvalue weighted by Gasteiger charge is 2.58. The van der Waals surface area contributed by atoms with Crippen molar-refractivity contribution >= 4 is 47.2 Å². The Hall–Kier alpha value is -5.94. The topological polar surface area (TPSA) is 212 Å². The Bertz CT molecular complexity index is 2460. The van der Waals surface area contributed by atoms with Crippen molar-refractivity contribution in [2.24, 2.45) is 33.4 Å². The van der Waals surface area contributed by atoms with Crippen LogP contribution in [0, 0.1) is 22.7 Å². The molecule has 0 radical (unpaired) electrons. The predicted octanol–water partition coefficient (Wildman–Crippen LogP) is 6.26. The Morgan fingerprint density at radius 2 is 1.49 bits per heavy atom. The molecule has 2 saturated heterocycles. The van der Waals surface area contributed by atoms with Crippen LogP contribution in [0.25, 0.3) is 0 Å². The zero-order valence-corrected chi connectivity index (χ0v) is 40.4. The second kappa shape index (κ2) is 19.5. The number of hydrogen-bond donors (Lipinski definition) is 3. The number of fused-ring (bicyclic) bond motifs is 4. The van der Waals surface area contributed by atoms with Gasteiger partial charge in [0.25, 0.3) is 11.8 Å². The number of anilines is 1. The Balaban J connectivity index is 0.811. The summed E-state index contributed by atoms with van der Waals surface area (Å²) in [5.41, 5.74) is 8.42. The molecule has 2 spiro atoms. The summed E-state index contributed by atoms with van der Waals surface area (Å²) in [5, 5.41) is 14.7. The molecule has 9 rings (SSSR count). The monoisotopic (exact) mass is 950 g/mol. The van der Waals surface area contributed by atoms with Crippen molar-refractivity contribution in [3.8, 4) is 23.0 Å². The van der Waals surface area contributed by atoms with Crippen LogP contribution in [-0.4, -0.2) is 128 Å². The SMILES string of the molecule is COc1cc2c(cc1OCCCCCOc1cc3c(cc1OC)C(=O)N1CC4(CC4)C[C@H]1C(O)N3C(=O)OCC1C=CC(CC(=O)[C@H](C)NC(=O)[C@@H](N)C(C)C)=CC1)N=C[C@@H]1CC3(CC3)CN1C2=O. The van der Waals surface area contributed by atoms with Crippen molar-refractivity contribution in [2.45, 2.75) is 122 Å². The summed E-state index contributed by atoms with van der Waals surface area (Å²) in [7, 11) is 3.05. The third-order valence-corrected chi connectivity index (χ3v) is 15.2. The maximum Gasteiger partial charge on any atom is 0.416 e. The highest BCUT2D eigenvalue weighted by molar-refractivity contribution is 6.06. The van der Waals surface area contributed by atoms with E-state index in [9.17, 15) is 29.1 Å². The molecule has 6 atom stereocenters. The first kappa shape index (κ1) is 48.1. The van der Waals surface area contributed by atoms with Crippen LogP contribution in [0.4, 0.5) is 16.2 Å². The van der Waals surface area contributed by atoms with Gasteiger partial charge in [0.1, 0.15) is 0 Å². The number of allylic oxidation sites excluding steroid dienone is 3. The molecule has 4 amide bonds. The maximum absolute atomic E-state index is 14.3. The molecule has 2 aromatic carbocycles. The number of aliphatic hydroxyl groups is 1. The number of nitrogens with two attached hydrogens (primary N) is 1. The number of methoxy groups -OCH3 is 2. The molecule has 2 saturated carbocycles. The quantitative estimate of drug-likeness (QED) is 0.141. The number of unbranched alkanes of at least 4 members (excludes halogenated alkanes) is 2. The summed E-state index contributed by atoms with van der Waals surface area (Å²) in [4.78, 5) is 76.9. The largest absolute Gasteiger partial charge is 0.493 e. The molecule has 0 bridgehead atoms. The van der Waals surface area contributed by atoms with Crippen LogP contribution in [-0.2, 0) is 14.3 Å². The summed E-state index contributed by atoms with van der Waals surface area (Å²) in [6, 6.07) is 4.65. The van der Waals surface area contributed by atoms with Crippen LogP contribution >= 0.6 is 0 Å². The van der Waals surface area contributed by atoms with Crippen molar-refractivity contribution < 1.29 is 52.8 Å². The van der Waals surface area contributed by atoms with Crippen molar-refractivity contribution in [3.63, 3.8) is 0 Å². The van der Waals surface area contributed by atoms with E-state index in [0.717, 1.165) is 50.6 Å². The summed E-state index contributed by atoms with van der Waals surface area (Å²) in [6.07, 6.45) is 13.8. The average molecular weight is 951 g/mol. The lowest BCUT2D eigenvalue weighted by Gasteiger charge is -2.32. The molecular formula is C52H66N6O11. The molecular weight excluding hydrogens is 885 g/mol. The van der Waals surface area contributed by atoms with Crippen molar-refractivity contribution in [1.29, 1.82) is 0 Å². The lowest BCUT2D eigenvalue weighted by atomic mass is 9.93. The van der Waals surface area contributed by atoms with Gasteiger partial charge in [-0.2, -0.15) is 0 Å². The zero-order chi connectivity index (χ0) is 48.8. The van der Waals surface area contributed by atoms with E-state index < -0.39 is 30.4 Å². The highest BCUT2D eigenvalue weighted by atomic mass is 16.6. The molecule has 4 aliphatic heterocycles. The summed E-state index contributed by atoms with van der Waals surface area (Å²) in [5.74, 6) is 0.532. The molecule has 370 valence electrons. The number of hydrogen-bond acceptors (Lipinski definition) is 13. The number of ether oxygens (including phenoxy) is 5. The summed E-state index contributed by atoms with van der Waals surface area (Å²) < 4.78 is 29.7. The van der Waals surface area contributed by atoms with Gasteiger partial charge in [-0.15, -0.1) is 0 Å². The molecule has 4 N–H and O–H groups in total. The van der Waals surface area contributed by atoms with Crippen LogP contribution in [0.3, 0.4) is 0 Å². The standard InChI is InChI=1S/C52H66N6O11/c1-30(2)45(53)46(60)55-31(3)40(59)19-32-9-11-33(12-10-32)27-69-50(64)58-38-23-44(42(66-5)21-36(38)48(62)57-29-52(15-16-52)25-39(57)49(58)63)68-18-8-6-7-17-67-43-22-37-35(20-41(43)65-4)47(61)56-28-51(13-14-51)24-34(56)26-54-37/h9-11,20-23,26,30-31,33-34,39,45,49,63H,6-8,12-19,24-25,27-29,53H2,1-5H3,(H,55,60)/t31-,33?,34-,39-,45-,49?/m0/s1. The third-order valence-electron chi connectivity index (χ3n) is 15.2. The number of nitrogens with zero attached hydrogens (tertiary/aromatic N) is 4. The first-order valence-corrected chi connectivity index (χ1v) is 24.6. The zero-order valence-electron chi connectivity index (χ0n) is 40.4. The molecule has 4 fully saturated rings. The van der Waals surface area contributed by atoms with Gasteiger partial charge >= 0.3 is 6.09 Å². The number of ketones is 1. The lowest BCUT2D eigenvalue weighted by Crippen LogP contribution is -2.51. The van der Waals surface area contributed by atoms with Crippen molar-refractivity contribution in [2.75, 3.05) is 52.0 Å². The maximum atomic E-state index is 14.3. The Labute approximate surface area is 403 Å². The Morgan fingerprint density at radius 3 is 2.13 bits per heavy atom. The second-order valence-electron chi connectivity index (χ2n) is 20.6. The van der Waals surface area contributed by atoms with Crippen molar-refractivity contribution in [3.05, 3.63) is 59.2 Å². The molecule has 2 unspecified atom stereocenters. The molecule has 17 nitrogen and oxygen atoms in total. The minimum atomic E-state index is -1.38. The minimum Gasteiger partial charge on any atom is -0.493 e.